The molecule has 3 heterocycles. The summed E-state index contributed by atoms with van der Waals surface area (Å²) in [6.45, 7) is 3.01. The van der Waals surface area contributed by atoms with Crippen LogP contribution in [0.2, 0.25) is 0 Å². The lowest BCUT2D eigenvalue weighted by Gasteiger charge is -2.40. The van der Waals surface area contributed by atoms with E-state index in [2.05, 4.69) is 25.8 Å². The van der Waals surface area contributed by atoms with E-state index in [9.17, 15) is 14.4 Å². The maximum Gasteiger partial charge on any atom is 0.322 e. The molecular weight excluding hydrogens is 346 g/mol. The highest BCUT2D eigenvalue weighted by atomic mass is 32.2. The molecule has 136 valence electrons. The Morgan fingerprint density at radius 1 is 1.40 bits per heavy atom. The number of urea groups is 1. The second kappa shape index (κ2) is 6.90. The number of nitrogens with zero attached hydrogens (tertiary/aromatic N) is 3. The van der Waals surface area contributed by atoms with Crippen LogP contribution in [0, 0.1) is 5.92 Å². The molecular formula is C14H21N7O3S. The third kappa shape index (κ3) is 3.41. The highest BCUT2D eigenvalue weighted by Crippen LogP contribution is 2.33. The zero-order valence-electron chi connectivity index (χ0n) is 13.9. The van der Waals surface area contributed by atoms with Gasteiger partial charge in [-0.05, 0) is 25.2 Å². The number of likely N-dealkylation sites (tertiary alicyclic amines) is 1. The van der Waals surface area contributed by atoms with Gasteiger partial charge < -0.3 is 16.0 Å². The van der Waals surface area contributed by atoms with Gasteiger partial charge in [-0.3, -0.25) is 14.9 Å². The predicted octanol–water partition coefficient (Wildman–Crippen LogP) is -0.294. The summed E-state index contributed by atoms with van der Waals surface area (Å²) in [6.07, 6.45) is 1.88. The average molecular weight is 367 g/mol. The van der Waals surface area contributed by atoms with Crippen LogP contribution < -0.4 is 16.4 Å². The molecule has 5 N–H and O–H groups in total. The molecule has 0 aliphatic carbocycles. The SMILES string of the molecule is CCC1(C2CCN(C(=O)CSc3n[nH]c(N)n3)CC2)NC(=O)NC1=O. The van der Waals surface area contributed by atoms with Crippen molar-refractivity contribution in [2.24, 2.45) is 5.92 Å². The van der Waals surface area contributed by atoms with E-state index in [0.29, 0.717) is 37.5 Å². The number of aromatic amines is 1. The summed E-state index contributed by atoms with van der Waals surface area (Å²) in [5.74, 6) is 0.212. The summed E-state index contributed by atoms with van der Waals surface area (Å²) in [6, 6.07) is -0.437. The second-order valence-electron chi connectivity index (χ2n) is 6.18. The Bertz CT molecular complexity index is 686. The summed E-state index contributed by atoms with van der Waals surface area (Å²) in [5, 5.41) is 12.0. The van der Waals surface area contributed by atoms with Gasteiger partial charge in [0.1, 0.15) is 5.54 Å². The van der Waals surface area contributed by atoms with Crippen LogP contribution in [0.4, 0.5) is 10.7 Å². The van der Waals surface area contributed by atoms with Crippen LogP contribution in [-0.4, -0.2) is 62.3 Å². The Kier molecular flexibility index (Phi) is 4.84. The third-order valence-corrected chi connectivity index (χ3v) is 5.71. The molecule has 2 aliphatic heterocycles. The molecule has 0 spiro atoms. The lowest BCUT2D eigenvalue weighted by molar-refractivity contribution is -0.131. The molecule has 0 aromatic carbocycles. The Morgan fingerprint density at radius 3 is 2.64 bits per heavy atom. The molecule has 25 heavy (non-hydrogen) atoms. The molecule has 11 heteroatoms. The number of anilines is 1. The zero-order chi connectivity index (χ0) is 18.0. The molecule has 1 unspecified atom stereocenters. The number of hydrogen-bond donors (Lipinski definition) is 4. The quantitative estimate of drug-likeness (QED) is 0.413. The van der Waals surface area contributed by atoms with Crippen molar-refractivity contribution in [1.29, 1.82) is 0 Å². The van der Waals surface area contributed by atoms with E-state index in [0.717, 1.165) is 0 Å². The third-order valence-electron chi connectivity index (χ3n) is 4.88. The van der Waals surface area contributed by atoms with E-state index in [1.54, 1.807) is 4.90 Å². The van der Waals surface area contributed by atoms with E-state index < -0.39 is 11.6 Å². The maximum absolute atomic E-state index is 12.3. The highest BCUT2D eigenvalue weighted by molar-refractivity contribution is 7.99. The Morgan fingerprint density at radius 2 is 2.12 bits per heavy atom. The van der Waals surface area contributed by atoms with Gasteiger partial charge in [0.25, 0.3) is 5.91 Å². The van der Waals surface area contributed by atoms with Crippen LogP contribution in [0.5, 0.6) is 0 Å². The number of amides is 4. The van der Waals surface area contributed by atoms with Crippen molar-refractivity contribution in [1.82, 2.24) is 30.7 Å². The fourth-order valence-corrected chi connectivity index (χ4v) is 4.20. The molecule has 2 aliphatic rings. The number of nitrogen functional groups attached to an aromatic ring is 1. The smallest absolute Gasteiger partial charge is 0.322 e. The second-order valence-corrected chi connectivity index (χ2v) is 7.12. The summed E-state index contributed by atoms with van der Waals surface area (Å²) in [5.41, 5.74) is 4.60. The van der Waals surface area contributed by atoms with Crippen LogP contribution in [0.25, 0.3) is 0 Å². The molecule has 1 aromatic heterocycles. The van der Waals surface area contributed by atoms with Crippen molar-refractivity contribution in [2.45, 2.75) is 36.9 Å². The number of nitrogens with two attached hydrogens (primary N) is 1. The first-order valence-corrected chi connectivity index (χ1v) is 9.15. The Labute approximate surface area is 148 Å². The van der Waals surface area contributed by atoms with Gasteiger partial charge in [-0.1, -0.05) is 18.7 Å². The first-order chi connectivity index (χ1) is 11.9. The highest BCUT2D eigenvalue weighted by Gasteiger charge is 2.51. The first kappa shape index (κ1) is 17.5. The summed E-state index contributed by atoms with van der Waals surface area (Å²) < 4.78 is 0. The van der Waals surface area contributed by atoms with Gasteiger partial charge in [0, 0.05) is 13.1 Å². The molecule has 0 bridgehead atoms. The number of carbonyl (C=O) groups excluding carboxylic acids is 3. The minimum atomic E-state index is -0.850. The van der Waals surface area contributed by atoms with E-state index >= 15 is 0 Å². The molecule has 1 aromatic rings. The van der Waals surface area contributed by atoms with E-state index in [1.807, 2.05) is 6.92 Å². The number of piperidine rings is 1. The fourth-order valence-electron chi connectivity index (χ4n) is 3.49. The monoisotopic (exact) mass is 367 g/mol. The van der Waals surface area contributed by atoms with Crippen LogP contribution in [0.15, 0.2) is 5.16 Å². The maximum atomic E-state index is 12.3. The minimum absolute atomic E-state index is 0.00252. The Balaban J connectivity index is 1.53. The van der Waals surface area contributed by atoms with Gasteiger partial charge in [0.05, 0.1) is 5.75 Å². The normalized spacial score (nSPS) is 24.3. The van der Waals surface area contributed by atoms with E-state index in [4.69, 9.17) is 5.73 Å². The van der Waals surface area contributed by atoms with Gasteiger partial charge in [0.2, 0.25) is 17.0 Å². The van der Waals surface area contributed by atoms with Crippen LogP contribution in [0.3, 0.4) is 0 Å². The van der Waals surface area contributed by atoms with Gasteiger partial charge >= 0.3 is 6.03 Å². The van der Waals surface area contributed by atoms with Crippen LogP contribution in [-0.2, 0) is 9.59 Å². The van der Waals surface area contributed by atoms with E-state index in [1.165, 1.54) is 11.8 Å². The lowest BCUT2D eigenvalue weighted by atomic mass is 9.76. The number of nitrogens with one attached hydrogen (secondary N) is 3. The molecule has 0 radical (unpaired) electrons. The topological polar surface area (TPSA) is 146 Å². The summed E-state index contributed by atoms with van der Waals surface area (Å²) in [4.78, 5) is 41.8. The Hall–Kier alpha value is -2.30. The van der Waals surface area contributed by atoms with Crippen LogP contribution >= 0.6 is 11.8 Å². The molecule has 2 fully saturated rings. The number of H-pyrrole nitrogens is 1. The number of aromatic nitrogens is 3. The van der Waals surface area contributed by atoms with Crippen molar-refractivity contribution < 1.29 is 14.4 Å². The average Bonchev–Trinajstić information content (AvgIpc) is 3.15. The standard InChI is InChI=1S/C14H21N7O3S/c1-2-14(10(23)16-12(24)18-14)8-3-5-21(6-4-8)9(22)7-25-13-17-11(15)19-20-13/h8H,2-7H2,1H3,(H3,15,17,19,20)(H2,16,18,23,24). The molecule has 2 saturated heterocycles. The van der Waals surface area contributed by atoms with Gasteiger partial charge in [0.15, 0.2) is 0 Å². The zero-order valence-corrected chi connectivity index (χ0v) is 14.7. The van der Waals surface area contributed by atoms with Gasteiger partial charge in [-0.25, -0.2) is 9.89 Å². The molecule has 10 nitrogen and oxygen atoms in total. The van der Waals surface area contributed by atoms with Crippen molar-refractivity contribution in [2.75, 3.05) is 24.6 Å². The first-order valence-electron chi connectivity index (χ1n) is 8.16. The number of rotatable bonds is 5. The van der Waals surface area contributed by atoms with Crippen molar-refractivity contribution in [3.05, 3.63) is 0 Å². The summed E-state index contributed by atoms with van der Waals surface area (Å²) in [7, 11) is 0. The van der Waals surface area contributed by atoms with Crippen molar-refractivity contribution in [3.63, 3.8) is 0 Å². The lowest BCUT2D eigenvalue weighted by Crippen LogP contribution is -2.56. The number of thioether (sulfide) groups is 1. The number of hydrogen-bond acceptors (Lipinski definition) is 7. The minimum Gasteiger partial charge on any atom is -0.368 e. The molecule has 3 rings (SSSR count). The molecule has 1 atom stereocenters. The number of imide groups is 1. The van der Waals surface area contributed by atoms with Crippen LogP contribution in [0.1, 0.15) is 26.2 Å². The largest absolute Gasteiger partial charge is 0.368 e. The fraction of sp³-hybridized carbons (Fsp3) is 0.643. The van der Waals surface area contributed by atoms with Crippen molar-refractivity contribution in [3.8, 4) is 0 Å². The predicted molar refractivity (Wildman–Crippen MR) is 90.5 cm³/mol. The van der Waals surface area contributed by atoms with Gasteiger partial charge in [-0.2, -0.15) is 4.98 Å². The molecule has 0 saturated carbocycles. The summed E-state index contributed by atoms with van der Waals surface area (Å²) >= 11 is 1.23. The van der Waals surface area contributed by atoms with E-state index in [-0.39, 0.29) is 29.4 Å². The molecule has 4 amide bonds. The number of carbonyl (C=O) groups is 3. The van der Waals surface area contributed by atoms with Gasteiger partial charge in [-0.15, -0.1) is 5.10 Å². The van der Waals surface area contributed by atoms with Crippen molar-refractivity contribution >= 4 is 35.6 Å².